The van der Waals surface area contributed by atoms with Crippen molar-refractivity contribution in [2.75, 3.05) is 16.2 Å². The number of amides is 1. The average Bonchev–Trinajstić information content (AvgIpc) is 3.15. The zero-order valence-corrected chi connectivity index (χ0v) is 17.6. The molecule has 4 rings (SSSR count). The SMILES string of the molecule is Cc1cc(F)ccc1NC(=O)c1ccc(Cl)c(S(=O)(=O)N2CCc3ccccc32)c1. The van der Waals surface area contributed by atoms with Gasteiger partial charge in [-0.1, -0.05) is 29.8 Å². The number of carbonyl (C=O) groups excluding carboxylic acids is 1. The highest BCUT2D eigenvalue weighted by Crippen LogP contribution is 2.35. The normalized spacial score (nSPS) is 13.2. The van der Waals surface area contributed by atoms with Crippen LogP contribution in [0.3, 0.4) is 0 Å². The highest BCUT2D eigenvalue weighted by molar-refractivity contribution is 7.93. The second-order valence-electron chi connectivity index (χ2n) is 7.01. The molecule has 0 atom stereocenters. The number of nitrogens with zero attached hydrogens (tertiary/aromatic N) is 1. The molecule has 1 aliphatic heterocycles. The van der Waals surface area contributed by atoms with E-state index in [0.29, 0.717) is 29.9 Å². The van der Waals surface area contributed by atoms with Gasteiger partial charge in [-0.3, -0.25) is 9.10 Å². The first-order valence-electron chi connectivity index (χ1n) is 9.25. The van der Waals surface area contributed by atoms with Crippen LogP contribution in [0.4, 0.5) is 15.8 Å². The summed E-state index contributed by atoms with van der Waals surface area (Å²) in [6.07, 6.45) is 0.608. The second-order valence-corrected chi connectivity index (χ2v) is 9.25. The van der Waals surface area contributed by atoms with E-state index in [4.69, 9.17) is 11.6 Å². The summed E-state index contributed by atoms with van der Waals surface area (Å²) in [5.74, 6) is -0.920. The maximum Gasteiger partial charge on any atom is 0.265 e. The Labute approximate surface area is 179 Å². The van der Waals surface area contributed by atoms with E-state index in [-0.39, 0.29) is 15.5 Å². The van der Waals surface area contributed by atoms with Crippen molar-refractivity contribution in [3.8, 4) is 0 Å². The molecular weight excluding hydrogens is 427 g/mol. The Balaban J connectivity index is 1.67. The molecule has 3 aromatic carbocycles. The molecule has 0 spiro atoms. The summed E-state index contributed by atoms with van der Waals surface area (Å²) in [6.45, 7) is 1.98. The molecule has 0 radical (unpaired) electrons. The Bertz CT molecular complexity index is 1260. The minimum absolute atomic E-state index is 0.0360. The number of aryl methyl sites for hydroxylation is 1. The maximum absolute atomic E-state index is 13.3. The first-order chi connectivity index (χ1) is 14.3. The van der Waals surface area contributed by atoms with Gasteiger partial charge in [0.2, 0.25) is 0 Å². The molecule has 0 bridgehead atoms. The van der Waals surface area contributed by atoms with Gasteiger partial charge in [-0.05, 0) is 66.9 Å². The highest BCUT2D eigenvalue weighted by Gasteiger charge is 2.32. The summed E-state index contributed by atoms with van der Waals surface area (Å²) in [4.78, 5) is 12.6. The first-order valence-corrected chi connectivity index (χ1v) is 11.1. The van der Waals surface area contributed by atoms with Crippen LogP contribution in [0.25, 0.3) is 0 Å². The quantitative estimate of drug-likeness (QED) is 0.629. The second kappa shape index (κ2) is 7.74. The molecule has 0 unspecified atom stereocenters. The number of para-hydroxylation sites is 1. The molecule has 0 saturated heterocycles. The molecule has 0 fully saturated rings. The molecular formula is C22H18ClFN2O3S. The van der Waals surface area contributed by atoms with Gasteiger partial charge in [0.15, 0.2) is 0 Å². The van der Waals surface area contributed by atoms with E-state index in [9.17, 15) is 17.6 Å². The molecule has 8 heteroatoms. The van der Waals surface area contributed by atoms with Gasteiger partial charge < -0.3 is 5.32 Å². The van der Waals surface area contributed by atoms with Crippen molar-refractivity contribution in [2.45, 2.75) is 18.2 Å². The molecule has 1 heterocycles. The van der Waals surface area contributed by atoms with Gasteiger partial charge in [0.05, 0.1) is 10.7 Å². The lowest BCUT2D eigenvalue weighted by atomic mass is 10.1. The molecule has 1 amide bonds. The number of nitrogens with one attached hydrogen (secondary N) is 1. The predicted octanol–water partition coefficient (Wildman–Crippen LogP) is 4.79. The number of rotatable bonds is 4. The van der Waals surface area contributed by atoms with Crippen LogP contribution >= 0.6 is 11.6 Å². The highest BCUT2D eigenvalue weighted by atomic mass is 35.5. The smallest absolute Gasteiger partial charge is 0.265 e. The van der Waals surface area contributed by atoms with Crippen molar-refractivity contribution >= 4 is 38.9 Å². The third kappa shape index (κ3) is 3.66. The third-order valence-electron chi connectivity index (χ3n) is 5.04. The summed E-state index contributed by atoms with van der Waals surface area (Å²) in [5.41, 5.74) is 2.69. The zero-order chi connectivity index (χ0) is 21.5. The Kier molecular flexibility index (Phi) is 5.26. The van der Waals surface area contributed by atoms with Crippen LogP contribution in [0.2, 0.25) is 5.02 Å². The summed E-state index contributed by atoms with van der Waals surface area (Å²) in [5, 5.41) is 2.72. The van der Waals surface area contributed by atoms with Crippen LogP contribution < -0.4 is 9.62 Å². The van der Waals surface area contributed by atoms with Crippen LogP contribution in [-0.4, -0.2) is 20.9 Å². The largest absolute Gasteiger partial charge is 0.322 e. The van der Waals surface area contributed by atoms with Gasteiger partial charge in [-0.25, -0.2) is 12.8 Å². The van der Waals surface area contributed by atoms with Crippen LogP contribution in [0, 0.1) is 12.7 Å². The number of carbonyl (C=O) groups is 1. The number of hydrogen-bond donors (Lipinski definition) is 1. The van der Waals surface area contributed by atoms with E-state index in [1.54, 1.807) is 19.1 Å². The minimum atomic E-state index is -3.95. The molecule has 0 saturated carbocycles. The summed E-state index contributed by atoms with van der Waals surface area (Å²) in [7, 11) is -3.95. The first kappa shape index (κ1) is 20.4. The van der Waals surface area contributed by atoms with Gasteiger partial charge >= 0.3 is 0 Å². The van der Waals surface area contributed by atoms with Crippen LogP contribution in [0.5, 0.6) is 0 Å². The molecule has 3 aromatic rings. The van der Waals surface area contributed by atoms with E-state index in [0.717, 1.165) is 5.56 Å². The van der Waals surface area contributed by atoms with E-state index >= 15 is 0 Å². The van der Waals surface area contributed by atoms with Crippen molar-refractivity contribution in [3.05, 3.63) is 88.2 Å². The Morgan fingerprint density at radius 2 is 1.87 bits per heavy atom. The number of halogens is 2. The van der Waals surface area contributed by atoms with Crippen molar-refractivity contribution < 1.29 is 17.6 Å². The fourth-order valence-corrected chi connectivity index (χ4v) is 5.49. The number of benzene rings is 3. The van der Waals surface area contributed by atoms with E-state index < -0.39 is 21.7 Å². The van der Waals surface area contributed by atoms with E-state index in [1.807, 2.05) is 12.1 Å². The molecule has 0 aliphatic carbocycles. The van der Waals surface area contributed by atoms with Crippen molar-refractivity contribution in [3.63, 3.8) is 0 Å². The Hall–Kier alpha value is -2.90. The van der Waals surface area contributed by atoms with E-state index in [1.165, 1.54) is 40.7 Å². The van der Waals surface area contributed by atoms with Crippen LogP contribution in [0.1, 0.15) is 21.5 Å². The summed E-state index contributed by atoms with van der Waals surface area (Å²) >= 11 is 6.21. The molecule has 0 aromatic heterocycles. The minimum Gasteiger partial charge on any atom is -0.322 e. The molecule has 154 valence electrons. The van der Waals surface area contributed by atoms with Gasteiger partial charge in [-0.2, -0.15) is 0 Å². The standard InChI is InChI=1S/C22H18ClFN2O3S/c1-14-12-17(24)7-9-19(14)25-22(27)16-6-8-18(23)21(13-16)30(28,29)26-11-10-15-4-2-3-5-20(15)26/h2-9,12-13H,10-11H2,1H3,(H,25,27). The topological polar surface area (TPSA) is 66.5 Å². The fourth-order valence-electron chi connectivity index (χ4n) is 3.48. The maximum atomic E-state index is 13.3. The number of hydrogen-bond acceptors (Lipinski definition) is 3. The number of sulfonamides is 1. The van der Waals surface area contributed by atoms with Crippen molar-refractivity contribution in [1.29, 1.82) is 0 Å². The molecule has 5 nitrogen and oxygen atoms in total. The number of anilines is 2. The summed E-state index contributed by atoms with van der Waals surface area (Å²) in [6, 6.07) is 15.4. The van der Waals surface area contributed by atoms with Crippen LogP contribution in [0.15, 0.2) is 65.6 Å². The predicted molar refractivity (Wildman–Crippen MR) is 115 cm³/mol. The van der Waals surface area contributed by atoms with E-state index in [2.05, 4.69) is 5.32 Å². The summed E-state index contributed by atoms with van der Waals surface area (Å²) < 4.78 is 41.2. The van der Waals surface area contributed by atoms with Crippen molar-refractivity contribution in [2.24, 2.45) is 0 Å². The zero-order valence-electron chi connectivity index (χ0n) is 16.0. The lowest BCUT2D eigenvalue weighted by Crippen LogP contribution is -2.29. The van der Waals surface area contributed by atoms with Gasteiger partial charge in [0.25, 0.3) is 15.9 Å². The number of fused-ring (bicyclic) bond motifs is 1. The average molecular weight is 445 g/mol. The van der Waals surface area contributed by atoms with Crippen molar-refractivity contribution in [1.82, 2.24) is 0 Å². The van der Waals surface area contributed by atoms with Crippen LogP contribution in [-0.2, 0) is 16.4 Å². The fraction of sp³-hybridized carbons (Fsp3) is 0.136. The van der Waals surface area contributed by atoms with Gasteiger partial charge in [0, 0.05) is 17.8 Å². The molecule has 1 N–H and O–H groups in total. The third-order valence-corrected chi connectivity index (χ3v) is 7.34. The lowest BCUT2D eigenvalue weighted by Gasteiger charge is -2.20. The Morgan fingerprint density at radius 1 is 1.10 bits per heavy atom. The molecule has 30 heavy (non-hydrogen) atoms. The Morgan fingerprint density at radius 3 is 2.63 bits per heavy atom. The molecule has 1 aliphatic rings. The van der Waals surface area contributed by atoms with Gasteiger partial charge in [0.1, 0.15) is 10.7 Å². The van der Waals surface area contributed by atoms with Gasteiger partial charge in [-0.15, -0.1) is 0 Å². The monoisotopic (exact) mass is 444 g/mol. The lowest BCUT2D eigenvalue weighted by molar-refractivity contribution is 0.102.